The molecule has 0 radical (unpaired) electrons. The molecule has 0 amide bonds. The number of allylic oxidation sites excluding steroid dienone is 1. The Balaban J connectivity index is 1.52. The molecule has 4 nitrogen and oxygen atoms in total. The number of aliphatic hydroxyl groups is 1. The Hall–Kier alpha value is -1.29. The Morgan fingerprint density at radius 2 is 1.93 bits per heavy atom. The van der Waals surface area contributed by atoms with Crippen molar-refractivity contribution in [1.82, 2.24) is 0 Å². The minimum absolute atomic E-state index is 0.184. The molecule has 4 heteroatoms. The van der Waals surface area contributed by atoms with Crippen molar-refractivity contribution in [1.29, 1.82) is 0 Å². The molecule has 4 aliphatic rings. The zero-order valence-electron chi connectivity index (χ0n) is 17.9. The molecule has 0 aromatic carbocycles. The van der Waals surface area contributed by atoms with Gasteiger partial charge in [-0.1, -0.05) is 25.5 Å². The fourth-order valence-electron chi connectivity index (χ4n) is 7.24. The standard InChI is InChI=1S/C24H36O4/c1-22(26)12-13-23(2)16(15-22)5-6-17-18-7-8-20(28-14-10-21(25)27-4)24(18,3)11-9-19(17)23/h5,10,14,17-20,26H,6-9,11-13,15H2,1-4H3/b14-10+/t17-,18-,19-,20-,22-,23-,24-/m0/s1. The summed E-state index contributed by atoms with van der Waals surface area (Å²) in [6.45, 7) is 6.87. The van der Waals surface area contributed by atoms with Gasteiger partial charge in [-0.3, -0.25) is 0 Å². The third kappa shape index (κ3) is 3.12. The molecule has 4 aliphatic carbocycles. The molecule has 0 heterocycles. The molecule has 28 heavy (non-hydrogen) atoms. The number of ether oxygens (including phenoxy) is 2. The van der Waals surface area contributed by atoms with Gasteiger partial charge in [-0.05, 0) is 81.5 Å². The molecule has 3 saturated carbocycles. The van der Waals surface area contributed by atoms with Crippen molar-refractivity contribution in [2.75, 3.05) is 7.11 Å². The number of hydrogen-bond acceptors (Lipinski definition) is 4. The first-order chi connectivity index (χ1) is 13.2. The van der Waals surface area contributed by atoms with Crippen molar-refractivity contribution in [3.8, 4) is 0 Å². The zero-order chi connectivity index (χ0) is 20.2. The summed E-state index contributed by atoms with van der Waals surface area (Å²) in [7, 11) is 1.39. The van der Waals surface area contributed by atoms with Gasteiger partial charge >= 0.3 is 5.97 Å². The summed E-state index contributed by atoms with van der Waals surface area (Å²) in [5.41, 5.74) is 1.43. The molecule has 0 bridgehead atoms. The van der Waals surface area contributed by atoms with Gasteiger partial charge in [0, 0.05) is 5.41 Å². The normalized spacial score (nSPS) is 47.7. The summed E-state index contributed by atoms with van der Waals surface area (Å²) in [5.74, 6) is 1.76. The third-order valence-corrected chi connectivity index (χ3v) is 8.94. The maximum absolute atomic E-state index is 11.3. The van der Waals surface area contributed by atoms with Crippen molar-refractivity contribution in [3.63, 3.8) is 0 Å². The van der Waals surface area contributed by atoms with Crippen LogP contribution in [0, 0.1) is 28.6 Å². The van der Waals surface area contributed by atoms with E-state index in [1.54, 1.807) is 6.26 Å². The number of rotatable bonds is 3. The molecular weight excluding hydrogens is 352 g/mol. The molecule has 0 spiro atoms. The minimum Gasteiger partial charge on any atom is -0.497 e. The first-order valence-corrected chi connectivity index (χ1v) is 11.0. The highest BCUT2D eigenvalue weighted by Gasteiger charge is 2.59. The van der Waals surface area contributed by atoms with Crippen molar-refractivity contribution >= 4 is 5.97 Å². The monoisotopic (exact) mass is 388 g/mol. The average Bonchev–Trinajstić information content (AvgIpc) is 2.98. The molecular formula is C24H36O4. The fourth-order valence-corrected chi connectivity index (χ4v) is 7.24. The summed E-state index contributed by atoms with van der Waals surface area (Å²) in [5, 5.41) is 10.6. The lowest BCUT2D eigenvalue weighted by molar-refractivity contribution is -0.135. The second-order valence-electron chi connectivity index (χ2n) is 10.5. The lowest BCUT2D eigenvalue weighted by Crippen LogP contribution is -2.52. The van der Waals surface area contributed by atoms with Crippen LogP contribution in [0.5, 0.6) is 0 Å². The van der Waals surface area contributed by atoms with E-state index in [0.717, 1.165) is 38.0 Å². The van der Waals surface area contributed by atoms with Gasteiger partial charge in [-0.25, -0.2) is 4.79 Å². The van der Waals surface area contributed by atoms with E-state index < -0.39 is 5.60 Å². The Kier molecular flexibility index (Phi) is 4.93. The number of fused-ring (bicyclic) bond motifs is 5. The quantitative estimate of drug-likeness (QED) is 0.327. The van der Waals surface area contributed by atoms with Gasteiger partial charge in [0.05, 0.1) is 25.0 Å². The highest BCUT2D eigenvalue weighted by molar-refractivity contribution is 5.81. The van der Waals surface area contributed by atoms with E-state index >= 15 is 0 Å². The fraction of sp³-hybridized carbons (Fsp3) is 0.792. The van der Waals surface area contributed by atoms with E-state index in [0.29, 0.717) is 11.8 Å². The van der Waals surface area contributed by atoms with Crippen LogP contribution in [0.25, 0.3) is 0 Å². The van der Waals surface area contributed by atoms with Crippen LogP contribution in [-0.4, -0.2) is 29.9 Å². The Bertz CT molecular complexity index is 693. The maximum atomic E-state index is 11.3. The van der Waals surface area contributed by atoms with E-state index in [1.807, 2.05) is 6.92 Å². The number of carbonyl (C=O) groups is 1. The predicted molar refractivity (Wildman–Crippen MR) is 108 cm³/mol. The minimum atomic E-state index is -0.528. The van der Waals surface area contributed by atoms with Crippen LogP contribution < -0.4 is 0 Å². The van der Waals surface area contributed by atoms with Crippen molar-refractivity contribution in [2.45, 2.75) is 83.8 Å². The van der Waals surface area contributed by atoms with E-state index in [1.165, 1.54) is 38.0 Å². The summed E-state index contributed by atoms with van der Waals surface area (Å²) in [6.07, 6.45) is 14.3. The Morgan fingerprint density at radius 3 is 2.68 bits per heavy atom. The van der Waals surface area contributed by atoms with E-state index in [4.69, 9.17) is 4.74 Å². The number of esters is 1. The molecule has 0 aliphatic heterocycles. The van der Waals surface area contributed by atoms with E-state index in [9.17, 15) is 9.90 Å². The van der Waals surface area contributed by atoms with Crippen LogP contribution in [0.15, 0.2) is 24.0 Å². The summed E-state index contributed by atoms with van der Waals surface area (Å²) in [4.78, 5) is 11.3. The van der Waals surface area contributed by atoms with Crippen molar-refractivity contribution in [2.24, 2.45) is 28.6 Å². The smallest absolute Gasteiger partial charge is 0.333 e. The molecule has 3 fully saturated rings. The van der Waals surface area contributed by atoms with Crippen molar-refractivity contribution in [3.05, 3.63) is 24.0 Å². The van der Waals surface area contributed by atoms with Gasteiger partial charge in [-0.2, -0.15) is 0 Å². The molecule has 4 rings (SSSR count). The largest absolute Gasteiger partial charge is 0.497 e. The summed E-state index contributed by atoms with van der Waals surface area (Å²) < 4.78 is 10.7. The van der Waals surface area contributed by atoms with Crippen LogP contribution in [0.3, 0.4) is 0 Å². The average molecular weight is 389 g/mol. The van der Waals surface area contributed by atoms with Gasteiger partial charge in [0.25, 0.3) is 0 Å². The molecule has 156 valence electrons. The molecule has 0 aromatic rings. The van der Waals surface area contributed by atoms with E-state index in [-0.39, 0.29) is 22.9 Å². The van der Waals surface area contributed by atoms with Gasteiger partial charge < -0.3 is 14.6 Å². The van der Waals surface area contributed by atoms with Crippen LogP contribution >= 0.6 is 0 Å². The van der Waals surface area contributed by atoms with E-state index in [2.05, 4.69) is 24.7 Å². The summed E-state index contributed by atoms with van der Waals surface area (Å²) in [6, 6.07) is 0. The molecule has 0 unspecified atom stereocenters. The first kappa shape index (κ1) is 20.0. The first-order valence-electron chi connectivity index (χ1n) is 11.0. The topological polar surface area (TPSA) is 55.8 Å². The highest BCUT2D eigenvalue weighted by Crippen LogP contribution is 2.65. The van der Waals surface area contributed by atoms with Gasteiger partial charge in [0.2, 0.25) is 0 Å². The van der Waals surface area contributed by atoms with Crippen LogP contribution in [-0.2, 0) is 14.3 Å². The predicted octanol–water partition coefficient (Wildman–Crippen LogP) is 4.77. The Labute approximate surface area is 169 Å². The SMILES string of the molecule is COC(=O)/C=C/O[C@H]1CC[C@H]2[C@@H]3CC=C4C[C@@](C)(O)CC[C@]4(C)[C@H]3CC[C@]12C. The van der Waals surface area contributed by atoms with Crippen LogP contribution in [0.1, 0.15) is 72.1 Å². The van der Waals surface area contributed by atoms with Gasteiger partial charge in [0.15, 0.2) is 0 Å². The zero-order valence-corrected chi connectivity index (χ0v) is 17.9. The molecule has 7 atom stereocenters. The van der Waals surface area contributed by atoms with Crippen LogP contribution in [0.2, 0.25) is 0 Å². The van der Waals surface area contributed by atoms with Gasteiger partial charge in [-0.15, -0.1) is 0 Å². The third-order valence-electron chi connectivity index (χ3n) is 8.94. The second kappa shape index (κ2) is 6.90. The lowest BCUT2D eigenvalue weighted by Gasteiger charge is -2.58. The van der Waals surface area contributed by atoms with Gasteiger partial charge in [0.1, 0.15) is 6.10 Å². The van der Waals surface area contributed by atoms with Crippen LogP contribution in [0.4, 0.5) is 0 Å². The number of hydrogen-bond donors (Lipinski definition) is 1. The second-order valence-corrected chi connectivity index (χ2v) is 10.5. The molecule has 1 N–H and O–H groups in total. The molecule has 0 aromatic heterocycles. The summed E-state index contributed by atoms with van der Waals surface area (Å²) >= 11 is 0. The lowest BCUT2D eigenvalue weighted by atomic mass is 9.47. The van der Waals surface area contributed by atoms with Crippen molar-refractivity contribution < 1.29 is 19.4 Å². The highest BCUT2D eigenvalue weighted by atomic mass is 16.5. The number of carbonyl (C=O) groups excluding carboxylic acids is 1. The maximum Gasteiger partial charge on any atom is 0.333 e. The number of methoxy groups -OCH3 is 1. The Morgan fingerprint density at radius 1 is 1.14 bits per heavy atom. The molecule has 0 saturated heterocycles.